The Labute approximate surface area is 253 Å². The van der Waals surface area contributed by atoms with Crippen LogP contribution in [0.1, 0.15) is 44.7 Å². The Morgan fingerprint density at radius 1 is 0.878 bits per heavy atom. The van der Waals surface area contributed by atoms with Gasteiger partial charge in [-0.15, -0.1) is 0 Å². The van der Waals surface area contributed by atoms with Crippen molar-refractivity contribution in [2.75, 3.05) is 17.1 Å². The first-order chi connectivity index (χ1) is 19.2. The van der Waals surface area contributed by atoms with Crippen LogP contribution in [-0.4, -0.2) is 49.5 Å². The second-order valence-corrected chi connectivity index (χ2v) is 13.7. The van der Waals surface area contributed by atoms with E-state index >= 15 is 0 Å². The summed E-state index contributed by atoms with van der Waals surface area (Å²) in [5.74, 6) is -0.556. The van der Waals surface area contributed by atoms with E-state index in [0.29, 0.717) is 22.2 Å². The minimum atomic E-state index is -3.57. The summed E-state index contributed by atoms with van der Waals surface area (Å²) >= 11 is 12.4. The maximum Gasteiger partial charge on any atom is 0.243 e. The number of hydrogen-bond acceptors (Lipinski definition) is 4. The number of nitrogens with zero attached hydrogens (tertiary/aromatic N) is 2. The highest BCUT2D eigenvalue weighted by Crippen LogP contribution is 2.25. The van der Waals surface area contributed by atoms with Crippen LogP contribution in [-0.2, 0) is 32.6 Å². The zero-order valence-corrected chi connectivity index (χ0v) is 26.1. The first-order valence-electron chi connectivity index (χ1n) is 13.4. The largest absolute Gasteiger partial charge is 0.350 e. The van der Waals surface area contributed by atoms with Crippen LogP contribution >= 0.6 is 23.2 Å². The molecular formula is C31H37Cl2N3O4S. The maximum absolute atomic E-state index is 13.9. The van der Waals surface area contributed by atoms with Gasteiger partial charge in [-0.2, -0.15) is 0 Å². The molecule has 0 heterocycles. The van der Waals surface area contributed by atoms with Crippen molar-refractivity contribution in [2.24, 2.45) is 0 Å². The minimum absolute atomic E-state index is 0.0360. The monoisotopic (exact) mass is 617 g/mol. The van der Waals surface area contributed by atoms with Crippen molar-refractivity contribution < 1.29 is 18.0 Å². The lowest BCUT2D eigenvalue weighted by Gasteiger charge is -2.34. The summed E-state index contributed by atoms with van der Waals surface area (Å²) in [4.78, 5) is 29.1. The molecule has 10 heteroatoms. The van der Waals surface area contributed by atoms with Crippen LogP contribution in [0.15, 0.2) is 78.9 Å². The normalized spacial score (nSPS) is 12.4. The Morgan fingerprint density at radius 2 is 1.49 bits per heavy atom. The summed E-state index contributed by atoms with van der Waals surface area (Å²) in [6, 6.07) is 22.6. The van der Waals surface area contributed by atoms with Crippen molar-refractivity contribution in [1.82, 2.24) is 10.2 Å². The fourth-order valence-electron chi connectivity index (χ4n) is 4.44. The molecule has 1 unspecified atom stereocenters. The topological polar surface area (TPSA) is 86.8 Å². The summed E-state index contributed by atoms with van der Waals surface area (Å²) in [6.45, 7) is 5.91. The lowest BCUT2D eigenvalue weighted by atomic mass is 10.00. The van der Waals surface area contributed by atoms with Crippen LogP contribution in [0.3, 0.4) is 0 Å². The molecule has 0 bridgehead atoms. The van der Waals surface area contributed by atoms with Gasteiger partial charge in [0.05, 0.1) is 22.0 Å². The Bertz CT molecular complexity index is 1430. The summed E-state index contributed by atoms with van der Waals surface area (Å²) in [5, 5.41) is 3.77. The van der Waals surface area contributed by atoms with Crippen molar-refractivity contribution in [3.8, 4) is 0 Å². The number of anilines is 1. The number of nitrogens with one attached hydrogen (secondary N) is 1. The SMILES string of the molecule is CC(C)(C)NC(=O)C(Cc1ccccc1)N(Cc1ccc(Cl)c(Cl)c1)C(=O)CCCN(c1ccccc1)S(C)(=O)=O. The van der Waals surface area contributed by atoms with E-state index in [1.807, 2.05) is 57.2 Å². The van der Waals surface area contributed by atoms with Gasteiger partial charge in [0.15, 0.2) is 0 Å². The molecule has 0 aliphatic rings. The Morgan fingerprint density at radius 3 is 2.05 bits per heavy atom. The van der Waals surface area contributed by atoms with Gasteiger partial charge < -0.3 is 10.2 Å². The number of carbonyl (C=O) groups is 2. The Kier molecular flexibility index (Phi) is 11.2. The van der Waals surface area contributed by atoms with Gasteiger partial charge in [0, 0.05) is 31.5 Å². The molecule has 41 heavy (non-hydrogen) atoms. The molecule has 0 fully saturated rings. The van der Waals surface area contributed by atoms with Crippen molar-refractivity contribution in [2.45, 2.75) is 58.2 Å². The number of hydrogen-bond donors (Lipinski definition) is 1. The van der Waals surface area contributed by atoms with Crippen LogP contribution < -0.4 is 9.62 Å². The van der Waals surface area contributed by atoms with Gasteiger partial charge in [-0.1, -0.05) is 77.8 Å². The lowest BCUT2D eigenvalue weighted by Crippen LogP contribution is -2.54. The average Bonchev–Trinajstić information content (AvgIpc) is 2.90. The van der Waals surface area contributed by atoms with Crippen LogP contribution in [0.4, 0.5) is 5.69 Å². The molecule has 0 aliphatic heterocycles. The van der Waals surface area contributed by atoms with Crippen molar-refractivity contribution >= 4 is 50.7 Å². The van der Waals surface area contributed by atoms with E-state index in [4.69, 9.17) is 23.2 Å². The average molecular weight is 619 g/mol. The molecule has 0 saturated heterocycles. The Hall–Kier alpha value is -3.07. The molecule has 7 nitrogen and oxygen atoms in total. The van der Waals surface area contributed by atoms with Gasteiger partial charge in [0.25, 0.3) is 0 Å². The molecule has 3 rings (SSSR count). The number of para-hydroxylation sites is 1. The van der Waals surface area contributed by atoms with Crippen LogP contribution in [0.25, 0.3) is 0 Å². The molecule has 1 N–H and O–H groups in total. The zero-order chi connectivity index (χ0) is 30.2. The van der Waals surface area contributed by atoms with Gasteiger partial charge >= 0.3 is 0 Å². The summed E-state index contributed by atoms with van der Waals surface area (Å²) in [7, 11) is -3.57. The van der Waals surface area contributed by atoms with Crippen molar-refractivity contribution in [1.29, 1.82) is 0 Å². The predicted octanol–water partition coefficient (Wildman–Crippen LogP) is 6.09. The van der Waals surface area contributed by atoms with E-state index in [-0.39, 0.29) is 37.7 Å². The second kappa shape index (κ2) is 14.2. The van der Waals surface area contributed by atoms with Gasteiger partial charge in [-0.25, -0.2) is 8.42 Å². The van der Waals surface area contributed by atoms with E-state index in [1.54, 1.807) is 47.4 Å². The number of sulfonamides is 1. The molecular weight excluding hydrogens is 581 g/mol. The molecule has 0 saturated carbocycles. The second-order valence-electron chi connectivity index (χ2n) is 11.0. The standard InChI is InChI=1S/C31H37Cl2N3O4S/c1-31(2,3)34-30(38)28(21-23-12-7-5-8-13-23)35(22-24-17-18-26(32)27(33)20-24)29(37)16-11-19-36(41(4,39)40)25-14-9-6-10-15-25/h5-10,12-15,17-18,20,28H,11,16,19,21-22H2,1-4H3,(H,34,38). The van der Waals surface area contributed by atoms with Crippen molar-refractivity contribution in [3.05, 3.63) is 100 Å². The first-order valence-corrected chi connectivity index (χ1v) is 16.0. The molecule has 220 valence electrons. The molecule has 1 atom stereocenters. The van der Waals surface area contributed by atoms with Crippen molar-refractivity contribution in [3.63, 3.8) is 0 Å². The van der Waals surface area contributed by atoms with E-state index in [0.717, 1.165) is 17.4 Å². The fraction of sp³-hybridized carbons (Fsp3) is 0.355. The highest BCUT2D eigenvalue weighted by Gasteiger charge is 2.32. The smallest absolute Gasteiger partial charge is 0.243 e. The molecule has 0 radical (unpaired) electrons. The highest BCUT2D eigenvalue weighted by atomic mass is 35.5. The number of amides is 2. The molecule has 0 aromatic heterocycles. The predicted molar refractivity (Wildman–Crippen MR) is 167 cm³/mol. The molecule has 0 spiro atoms. The Balaban J connectivity index is 1.92. The number of rotatable bonds is 12. The quantitative estimate of drug-likeness (QED) is 0.266. The first kappa shape index (κ1) is 32.4. The lowest BCUT2D eigenvalue weighted by molar-refractivity contribution is -0.142. The summed E-state index contributed by atoms with van der Waals surface area (Å²) < 4.78 is 26.3. The number of benzene rings is 3. The third-order valence-corrected chi connectivity index (χ3v) is 8.24. The van der Waals surface area contributed by atoms with Gasteiger partial charge in [0.1, 0.15) is 6.04 Å². The van der Waals surface area contributed by atoms with Gasteiger partial charge in [0.2, 0.25) is 21.8 Å². The van der Waals surface area contributed by atoms with Crippen LogP contribution in [0, 0.1) is 0 Å². The van der Waals surface area contributed by atoms with Crippen LogP contribution in [0.5, 0.6) is 0 Å². The summed E-state index contributed by atoms with van der Waals surface area (Å²) in [6.07, 6.45) is 1.74. The molecule has 3 aromatic carbocycles. The minimum Gasteiger partial charge on any atom is -0.350 e. The highest BCUT2D eigenvalue weighted by molar-refractivity contribution is 7.92. The van der Waals surface area contributed by atoms with Crippen LogP contribution in [0.2, 0.25) is 10.0 Å². The molecule has 3 aromatic rings. The van der Waals surface area contributed by atoms with Gasteiger partial charge in [-0.05, 0) is 62.6 Å². The third kappa shape index (κ3) is 10.1. The van der Waals surface area contributed by atoms with E-state index in [2.05, 4.69) is 5.32 Å². The van der Waals surface area contributed by atoms with E-state index < -0.39 is 21.6 Å². The molecule has 2 amide bonds. The number of halogens is 2. The maximum atomic E-state index is 13.9. The third-order valence-electron chi connectivity index (χ3n) is 6.30. The number of carbonyl (C=O) groups excluding carboxylic acids is 2. The fourth-order valence-corrected chi connectivity index (χ4v) is 5.73. The van der Waals surface area contributed by atoms with E-state index in [1.165, 1.54) is 4.31 Å². The summed E-state index contributed by atoms with van der Waals surface area (Å²) in [5.41, 5.74) is 1.63. The zero-order valence-electron chi connectivity index (χ0n) is 23.8. The van der Waals surface area contributed by atoms with Gasteiger partial charge in [-0.3, -0.25) is 13.9 Å². The van der Waals surface area contributed by atoms with E-state index in [9.17, 15) is 18.0 Å². The molecule has 0 aliphatic carbocycles.